The number of nitrogens with one attached hydrogen (secondary N) is 1. The zero-order valence-electron chi connectivity index (χ0n) is 14.4. The van der Waals surface area contributed by atoms with Gasteiger partial charge in [-0.15, -0.1) is 0 Å². The third-order valence-electron chi connectivity index (χ3n) is 3.97. The Kier molecular flexibility index (Phi) is 6.64. The fraction of sp³-hybridized carbons (Fsp3) is 0.316. The lowest BCUT2D eigenvalue weighted by Gasteiger charge is -2.13. The number of amides is 1. The number of nitrogens with zero attached hydrogens (tertiary/aromatic N) is 1. The van der Waals surface area contributed by atoms with Crippen LogP contribution in [0.5, 0.6) is 0 Å². The molecule has 4 nitrogen and oxygen atoms in total. The summed E-state index contributed by atoms with van der Waals surface area (Å²) in [6, 6.07) is 16.1. The van der Waals surface area contributed by atoms with E-state index in [0.29, 0.717) is 13.1 Å². The van der Waals surface area contributed by atoms with Crippen LogP contribution in [0.3, 0.4) is 0 Å². The number of hydrogen-bond acceptors (Lipinski definition) is 2. The predicted octanol–water partition coefficient (Wildman–Crippen LogP) is 2.35. The molecule has 2 rings (SSSR count). The number of benzene rings is 2. The minimum atomic E-state index is 0.0283. The molecule has 0 radical (unpaired) electrons. The number of anilines is 1. The molecule has 0 saturated carbocycles. The minimum absolute atomic E-state index is 0.0283. The maximum Gasteiger partial charge on any atom is 0.275 e. The van der Waals surface area contributed by atoms with E-state index in [0.717, 1.165) is 21.8 Å². The van der Waals surface area contributed by atoms with Gasteiger partial charge in [-0.2, -0.15) is 0 Å². The quantitative estimate of drug-likeness (QED) is 0.808. The number of quaternary nitrogens is 1. The molecule has 0 aliphatic heterocycles. The predicted molar refractivity (Wildman–Crippen MR) is 99.3 cm³/mol. The summed E-state index contributed by atoms with van der Waals surface area (Å²) in [6.07, 6.45) is 0. The molecule has 2 aromatic carbocycles. The van der Waals surface area contributed by atoms with Crippen LogP contribution in [0.4, 0.5) is 5.69 Å². The van der Waals surface area contributed by atoms with Crippen LogP contribution in [0, 0.1) is 0 Å². The van der Waals surface area contributed by atoms with Gasteiger partial charge in [-0.05, 0) is 36.8 Å². The van der Waals surface area contributed by atoms with Crippen LogP contribution < -0.4 is 15.5 Å². The van der Waals surface area contributed by atoms with Crippen molar-refractivity contribution < 1.29 is 10.1 Å². The normalized spacial score (nSPS) is 11.8. The molecule has 0 bridgehead atoms. The standard InChI is InChI=1S/C19H24ClN3O/c1-14(16-5-4-6-17(20)11-16)21-13-19(24)22-12-15-7-9-18(10-8-15)23(2)3/h4-11,14,21H,12-13H2,1-3H3,(H,22,24)/p+1/t14-/m0/s1. The monoisotopic (exact) mass is 346 g/mol. The van der Waals surface area contributed by atoms with Crippen LogP contribution in [-0.4, -0.2) is 26.5 Å². The number of carbonyl (C=O) groups excluding carboxylic acids is 1. The van der Waals surface area contributed by atoms with Gasteiger partial charge in [0.25, 0.3) is 5.91 Å². The molecule has 3 N–H and O–H groups in total. The molecule has 0 spiro atoms. The number of rotatable bonds is 7. The third-order valence-corrected chi connectivity index (χ3v) is 4.21. The molecule has 128 valence electrons. The van der Waals surface area contributed by atoms with E-state index >= 15 is 0 Å². The molecule has 0 aliphatic rings. The molecular weight excluding hydrogens is 322 g/mol. The van der Waals surface area contributed by atoms with Crippen molar-refractivity contribution >= 4 is 23.2 Å². The highest BCUT2D eigenvalue weighted by molar-refractivity contribution is 6.30. The van der Waals surface area contributed by atoms with Crippen molar-refractivity contribution in [1.82, 2.24) is 5.32 Å². The molecule has 1 atom stereocenters. The van der Waals surface area contributed by atoms with Gasteiger partial charge in [-0.1, -0.05) is 35.9 Å². The topological polar surface area (TPSA) is 49.0 Å². The van der Waals surface area contributed by atoms with Gasteiger partial charge >= 0.3 is 0 Å². The van der Waals surface area contributed by atoms with Gasteiger partial charge in [0.05, 0.1) is 0 Å². The molecule has 2 aromatic rings. The van der Waals surface area contributed by atoms with Gasteiger partial charge in [-0.25, -0.2) is 0 Å². The average Bonchev–Trinajstić information content (AvgIpc) is 2.58. The summed E-state index contributed by atoms with van der Waals surface area (Å²) in [7, 11) is 4.02. The number of carbonyl (C=O) groups is 1. The zero-order valence-corrected chi connectivity index (χ0v) is 15.2. The Morgan fingerprint density at radius 3 is 2.54 bits per heavy atom. The highest BCUT2D eigenvalue weighted by atomic mass is 35.5. The van der Waals surface area contributed by atoms with E-state index < -0.39 is 0 Å². The summed E-state index contributed by atoms with van der Waals surface area (Å²) in [5.74, 6) is 0.0283. The Labute approximate surface area is 148 Å². The molecule has 0 saturated heterocycles. The Hall–Kier alpha value is -2.04. The first kappa shape index (κ1) is 18.3. The van der Waals surface area contributed by atoms with Gasteiger partial charge in [0.2, 0.25) is 0 Å². The van der Waals surface area contributed by atoms with E-state index in [-0.39, 0.29) is 11.9 Å². The lowest BCUT2D eigenvalue weighted by atomic mass is 10.1. The molecule has 24 heavy (non-hydrogen) atoms. The first-order valence-electron chi connectivity index (χ1n) is 8.07. The summed E-state index contributed by atoms with van der Waals surface area (Å²) in [6.45, 7) is 3.01. The van der Waals surface area contributed by atoms with E-state index in [1.54, 1.807) is 0 Å². The molecule has 0 fully saturated rings. The second-order valence-electron chi connectivity index (χ2n) is 6.12. The maximum atomic E-state index is 12.0. The molecule has 0 aliphatic carbocycles. The van der Waals surface area contributed by atoms with E-state index in [9.17, 15) is 4.79 Å². The summed E-state index contributed by atoms with van der Waals surface area (Å²) < 4.78 is 0. The van der Waals surface area contributed by atoms with Crippen molar-refractivity contribution in [3.05, 3.63) is 64.7 Å². The zero-order chi connectivity index (χ0) is 17.5. The molecule has 0 heterocycles. The van der Waals surface area contributed by atoms with Crippen molar-refractivity contribution in [1.29, 1.82) is 0 Å². The first-order valence-corrected chi connectivity index (χ1v) is 8.45. The van der Waals surface area contributed by atoms with Gasteiger partial charge < -0.3 is 15.5 Å². The summed E-state index contributed by atoms with van der Waals surface area (Å²) >= 11 is 6.00. The largest absolute Gasteiger partial charge is 0.378 e. The van der Waals surface area contributed by atoms with Crippen molar-refractivity contribution in [2.24, 2.45) is 0 Å². The van der Waals surface area contributed by atoms with Crippen LogP contribution in [0.1, 0.15) is 24.1 Å². The van der Waals surface area contributed by atoms with Crippen LogP contribution in [0.25, 0.3) is 0 Å². The minimum Gasteiger partial charge on any atom is -0.378 e. The highest BCUT2D eigenvalue weighted by Gasteiger charge is 2.11. The van der Waals surface area contributed by atoms with Gasteiger partial charge in [0.1, 0.15) is 6.04 Å². The average molecular weight is 347 g/mol. The van der Waals surface area contributed by atoms with E-state index in [1.165, 1.54) is 0 Å². The van der Waals surface area contributed by atoms with Gasteiger partial charge in [-0.3, -0.25) is 4.79 Å². The molecule has 5 heteroatoms. The third kappa shape index (κ3) is 5.55. The van der Waals surface area contributed by atoms with Crippen molar-refractivity contribution in [2.75, 3.05) is 25.5 Å². The fourth-order valence-corrected chi connectivity index (χ4v) is 2.59. The SMILES string of the molecule is C[C@H]([NH2+]CC(=O)NCc1ccc(N(C)C)cc1)c1cccc(Cl)c1. The maximum absolute atomic E-state index is 12.0. The highest BCUT2D eigenvalue weighted by Crippen LogP contribution is 2.14. The fourth-order valence-electron chi connectivity index (χ4n) is 2.39. The van der Waals surface area contributed by atoms with E-state index in [4.69, 9.17) is 11.6 Å². The Morgan fingerprint density at radius 2 is 1.92 bits per heavy atom. The molecule has 0 unspecified atom stereocenters. The lowest BCUT2D eigenvalue weighted by Crippen LogP contribution is -2.87. The number of nitrogens with two attached hydrogens (primary N) is 1. The smallest absolute Gasteiger partial charge is 0.275 e. The molecular formula is C19H25ClN3O+. The summed E-state index contributed by atoms with van der Waals surface area (Å²) in [5.41, 5.74) is 3.36. The van der Waals surface area contributed by atoms with Gasteiger partial charge in [0, 0.05) is 36.9 Å². The van der Waals surface area contributed by atoms with Crippen LogP contribution in [0.15, 0.2) is 48.5 Å². The van der Waals surface area contributed by atoms with E-state index in [1.807, 2.05) is 55.8 Å². The second kappa shape index (κ2) is 8.71. The summed E-state index contributed by atoms with van der Waals surface area (Å²) in [4.78, 5) is 14.1. The van der Waals surface area contributed by atoms with Crippen molar-refractivity contribution in [2.45, 2.75) is 19.5 Å². The van der Waals surface area contributed by atoms with E-state index in [2.05, 4.69) is 29.3 Å². The van der Waals surface area contributed by atoms with Crippen molar-refractivity contribution in [3.8, 4) is 0 Å². The van der Waals surface area contributed by atoms with Crippen LogP contribution in [0.2, 0.25) is 5.02 Å². The van der Waals surface area contributed by atoms with Crippen LogP contribution in [-0.2, 0) is 11.3 Å². The lowest BCUT2D eigenvalue weighted by molar-refractivity contribution is -0.682. The Bertz CT molecular complexity index is 671. The van der Waals surface area contributed by atoms with Crippen molar-refractivity contribution in [3.63, 3.8) is 0 Å². The molecule has 1 amide bonds. The summed E-state index contributed by atoms with van der Waals surface area (Å²) in [5, 5.41) is 5.69. The number of hydrogen-bond donors (Lipinski definition) is 2. The van der Waals surface area contributed by atoms with Crippen LogP contribution >= 0.6 is 11.6 Å². The molecule has 0 aromatic heterocycles. The number of halogens is 1. The van der Waals surface area contributed by atoms with Gasteiger partial charge in [0.15, 0.2) is 6.54 Å². The second-order valence-corrected chi connectivity index (χ2v) is 6.56. The Morgan fingerprint density at radius 1 is 1.21 bits per heavy atom. The first-order chi connectivity index (χ1) is 11.5. The Balaban J connectivity index is 1.77.